The molecule has 0 fully saturated rings. The van der Waals surface area contributed by atoms with Crippen LogP contribution in [0.3, 0.4) is 0 Å². The van der Waals surface area contributed by atoms with Gasteiger partial charge in [-0.15, -0.1) is 11.8 Å². The molecule has 3 heteroatoms. The van der Waals surface area contributed by atoms with Gasteiger partial charge in [-0.25, -0.2) is 0 Å². The lowest BCUT2D eigenvalue weighted by molar-refractivity contribution is 1.39. The molecule has 0 aliphatic heterocycles. The minimum atomic E-state index is 0.554. The zero-order valence-electron chi connectivity index (χ0n) is 6.87. The van der Waals surface area contributed by atoms with E-state index in [0.717, 1.165) is 10.6 Å². The number of nitrogens with zero attached hydrogens (tertiary/aromatic N) is 1. The van der Waals surface area contributed by atoms with Gasteiger partial charge in [-0.05, 0) is 24.0 Å². The second-order valence-electron chi connectivity index (χ2n) is 2.29. The van der Waals surface area contributed by atoms with E-state index in [0.29, 0.717) is 11.3 Å². The summed E-state index contributed by atoms with van der Waals surface area (Å²) in [6.07, 6.45) is 0. The average Bonchev–Trinajstić information content (AvgIpc) is 2.09. The molecule has 0 aromatic heterocycles. The maximum Gasteiger partial charge on any atom is 0.101 e. The number of nitriles is 1. The molecule has 0 saturated heterocycles. The second-order valence-corrected chi connectivity index (χ2v) is 3.63. The Labute approximate surface area is 76.4 Å². The lowest BCUT2D eigenvalue weighted by atomic mass is 10.2. The lowest BCUT2D eigenvalue weighted by Gasteiger charge is -2.00. The summed E-state index contributed by atoms with van der Waals surface area (Å²) in [5.74, 6) is 1.01. The molecule has 62 valence electrons. The van der Waals surface area contributed by atoms with Crippen LogP contribution in [0.25, 0.3) is 0 Å². The van der Waals surface area contributed by atoms with Crippen molar-refractivity contribution in [2.24, 2.45) is 0 Å². The first kappa shape index (κ1) is 8.95. The van der Waals surface area contributed by atoms with E-state index in [4.69, 9.17) is 11.0 Å². The second kappa shape index (κ2) is 4.03. The zero-order chi connectivity index (χ0) is 8.97. The van der Waals surface area contributed by atoms with Gasteiger partial charge < -0.3 is 5.73 Å². The van der Waals surface area contributed by atoms with Gasteiger partial charge in [-0.1, -0.05) is 6.92 Å². The summed E-state index contributed by atoms with van der Waals surface area (Å²) >= 11 is 1.71. The molecule has 12 heavy (non-hydrogen) atoms. The summed E-state index contributed by atoms with van der Waals surface area (Å²) in [6.45, 7) is 2.08. The summed E-state index contributed by atoms with van der Waals surface area (Å²) in [5, 5.41) is 8.67. The number of thioether (sulfide) groups is 1. The highest BCUT2D eigenvalue weighted by atomic mass is 32.2. The molecule has 0 bridgehead atoms. The maximum absolute atomic E-state index is 8.67. The van der Waals surface area contributed by atoms with Crippen molar-refractivity contribution in [3.05, 3.63) is 23.8 Å². The Morgan fingerprint density at radius 1 is 1.58 bits per heavy atom. The van der Waals surface area contributed by atoms with E-state index in [2.05, 4.69) is 13.0 Å². The number of rotatable bonds is 2. The SMILES string of the molecule is CCSc1ccc(N)c(C#N)c1. The van der Waals surface area contributed by atoms with E-state index < -0.39 is 0 Å². The van der Waals surface area contributed by atoms with Crippen LogP contribution < -0.4 is 5.73 Å². The highest BCUT2D eigenvalue weighted by molar-refractivity contribution is 7.99. The lowest BCUT2D eigenvalue weighted by Crippen LogP contribution is -1.89. The number of hydrogen-bond acceptors (Lipinski definition) is 3. The molecular weight excluding hydrogens is 168 g/mol. The van der Waals surface area contributed by atoms with Gasteiger partial charge in [0.25, 0.3) is 0 Å². The Morgan fingerprint density at radius 2 is 2.33 bits per heavy atom. The number of anilines is 1. The summed E-state index contributed by atoms with van der Waals surface area (Å²) in [5.41, 5.74) is 6.68. The Bertz CT molecular complexity index is 315. The molecule has 0 spiro atoms. The molecule has 0 aliphatic rings. The van der Waals surface area contributed by atoms with Gasteiger partial charge in [-0.3, -0.25) is 0 Å². The van der Waals surface area contributed by atoms with Gasteiger partial charge in [0.2, 0.25) is 0 Å². The Hall–Kier alpha value is -1.14. The van der Waals surface area contributed by atoms with E-state index in [1.807, 2.05) is 12.1 Å². The van der Waals surface area contributed by atoms with Crippen LogP contribution >= 0.6 is 11.8 Å². The van der Waals surface area contributed by atoms with E-state index in [9.17, 15) is 0 Å². The summed E-state index contributed by atoms with van der Waals surface area (Å²) < 4.78 is 0. The van der Waals surface area contributed by atoms with Crippen LogP contribution in [0.2, 0.25) is 0 Å². The molecule has 0 radical (unpaired) electrons. The smallest absolute Gasteiger partial charge is 0.101 e. The van der Waals surface area contributed by atoms with Crippen molar-refractivity contribution in [3.63, 3.8) is 0 Å². The third-order valence-corrected chi connectivity index (χ3v) is 2.33. The third kappa shape index (κ3) is 1.93. The number of benzene rings is 1. The van der Waals surface area contributed by atoms with Gasteiger partial charge in [0.1, 0.15) is 6.07 Å². The quantitative estimate of drug-likeness (QED) is 0.558. The van der Waals surface area contributed by atoms with Crippen molar-refractivity contribution in [3.8, 4) is 6.07 Å². The molecule has 1 rings (SSSR count). The molecule has 1 aromatic rings. The van der Waals surface area contributed by atoms with Gasteiger partial charge in [-0.2, -0.15) is 5.26 Å². The third-order valence-electron chi connectivity index (χ3n) is 1.46. The first-order valence-electron chi connectivity index (χ1n) is 3.70. The fourth-order valence-corrected chi connectivity index (χ4v) is 1.59. The van der Waals surface area contributed by atoms with Crippen molar-refractivity contribution in [2.75, 3.05) is 11.5 Å². The topological polar surface area (TPSA) is 49.8 Å². The van der Waals surface area contributed by atoms with E-state index in [1.54, 1.807) is 17.8 Å². The van der Waals surface area contributed by atoms with Crippen molar-refractivity contribution < 1.29 is 0 Å². The minimum absolute atomic E-state index is 0.554. The van der Waals surface area contributed by atoms with E-state index in [-0.39, 0.29) is 0 Å². The molecule has 1 aromatic carbocycles. The molecule has 2 nitrogen and oxygen atoms in total. The van der Waals surface area contributed by atoms with Crippen LogP contribution in [0.15, 0.2) is 23.1 Å². The van der Waals surface area contributed by atoms with Crippen LogP contribution in [-0.2, 0) is 0 Å². The molecule has 2 N–H and O–H groups in total. The summed E-state index contributed by atoms with van der Waals surface area (Å²) in [4.78, 5) is 1.10. The normalized spacial score (nSPS) is 9.33. The van der Waals surface area contributed by atoms with Crippen LogP contribution in [-0.4, -0.2) is 5.75 Å². The standard InChI is InChI=1S/C9H10N2S/c1-2-12-8-3-4-9(11)7(5-8)6-10/h3-5H,2,11H2,1H3. The predicted molar refractivity (Wildman–Crippen MR) is 52.0 cm³/mol. The van der Waals surface area contributed by atoms with Crippen molar-refractivity contribution in [1.82, 2.24) is 0 Å². The predicted octanol–water partition coefficient (Wildman–Crippen LogP) is 2.25. The largest absolute Gasteiger partial charge is 0.398 e. The maximum atomic E-state index is 8.67. The molecule has 0 atom stereocenters. The zero-order valence-corrected chi connectivity index (χ0v) is 7.69. The van der Waals surface area contributed by atoms with Crippen molar-refractivity contribution >= 4 is 17.4 Å². The fraction of sp³-hybridized carbons (Fsp3) is 0.222. The average molecular weight is 178 g/mol. The van der Waals surface area contributed by atoms with Crippen molar-refractivity contribution in [1.29, 1.82) is 5.26 Å². The van der Waals surface area contributed by atoms with Crippen molar-refractivity contribution in [2.45, 2.75) is 11.8 Å². The van der Waals surface area contributed by atoms with E-state index >= 15 is 0 Å². The highest BCUT2D eigenvalue weighted by Crippen LogP contribution is 2.21. The van der Waals surface area contributed by atoms with Crippen LogP contribution in [0.5, 0.6) is 0 Å². The van der Waals surface area contributed by atoms with Gasteiger partial charge in [0.05, 0.1) is 5.56 Å². The van der Waals surface area contributed by atoms with Crippen LogP contribution in [0.4, 0.5) is 5.69 Å². The van der Waals surface area contributed by atoms with Gasteiger partial charge >= 0.3 is 0 Å². The fourth-order valence-electron chi connectivity index (χ4n) is 0.889. The number of nitrogen functional groups attached to an aromatic ring is 1. The molecule has 0 saturated carbocycles. The Morgan fingerprint density at radius 3 is 2.92 bits per heavy atom. The first-order chi connectivity index (χ1) is 5.77. The van der Waals surface area contributed by atoms with Gasteiger partial charge in [0.15, 0.2) is 0 Å². The Balaban J connectivity index is 2.99. The molecule has 0 amide bonds. The molecule has 0 unspecified atom stereocenters. The number of nitrogens with two attached hydrogens (primary N) is 1. The minimum Gasteiger partial charge on any atom is -0.398 e. The molecule has 0 heterocycles. The van der Waals surface area contributed by atoms with Crippen LogP contribution in [0.1, 0.15) is 12.5 Å². The Kier molecular flexibility index (Phi) is 3.01. The number of hydrogen-bond donors (Lipinski definition) is 1. The van der Waals surface area contributed by atoms with Crippen LogP contribution in [0, 0.1) is 11.3 Å². The first-order valence-corrected chi connectivity index (χ1v) is 4.69. The molecular formula is C9H10N2S. The molecule has 0 aliphatic carbocycles. The summed E-state index contributed by atoms with van der Waals surface area (Å²) in [7, 11) is 0. The highest BCUT2D eigenvalue weighted by Gasteiger charge is 1.98. The summed E-state index contributed by atoms with van der Waals surface area (Å²) in [6, 6.07) is 7.59. The monoisotopic (exact) mass is 178 g/mol. The van der Waals surface area contributed by atoms with E-state index in [1.165, 1.54) is 0 Å². The van der Waals surface area contributed by atoms with Gasteiger partial charge in [0, 0.05) is 10.6 Å².